The minimum atomic E-state index is -0.388. The number of aromatic nitrogens is 4. The van der Waals surface area contributed by atoms with Crippen molar-refractivity contribution < 1.29 is 4.39 Å². The number of nitrogens with zero attached hydrogens (tertiary/aromatic N) is 6. The van der Waals surface area contributed by atoms with Gasteiger partial charge in [0.05, 0.1) is 44.5 Å². The Hall–Kier alpha value is -3.75. The summed E-state index contributed by atoms with van der Waals surface area (Å²) in [6, 6.07) is 17.9. The Kier molecular flexibility index (Phi) is 9.22. The molecule has 12 heteroatoms. The van der Waals surface area contributed by atoms with Crippen LogP contribution in [0.4, 0.5) is 21.5 Å². The third kappa shape index (κ3) is 6.83. The minimum absolute atomic E-state index is 0.137. The molecule has 8 nitrogen and oxygen atoms in total. The lowest BCUT2D eigenvalue weighted by Gasteiger charge is -2.40. The van der Waals surface area contributed by atoms with Crippen LogP contribution in [-0.2, 0) is 0 Å². The normalized spacial score (nSPS) is 15.1. The van der Waals surface area contributed by atoms with Crippen LogP contribution in [0.3, 0.4) is 0 Å². The molecule has 3 heterocycles. The van der Waals surface area contributed by atoms with Crippen LogP contribution in [0.25, 0.3) is 10.9 Å². The maximum absolute atomic E-state index is 13.9. The molecular formula is C34H32BrCl2FN8. The van der Waals surface area contributed by atoms with E-state index in [0.717, 1.165) is 37.2 Å². The quantitative estimate of drug-likeness (QED) is 0.173. The van der Waals surface area contributed by atoms with Gasteiger partial charge in [0.2, 0.25) is 0 Å². The smallest absolute Gasteiger partial charge is 0.137 e. The molecule has 0 amide bonds. The largest absolute Gasteiger partial charge is 0.373 e. The number of fused-ring (bicyclic) bond motifs is 1. The summed E-state index contributed by atoms with van der Waals surface area (Å²) in [5.41, 5.74) is 4.44. The number of piperidine rings is 1. The zero-order valence-corrected chi connectivity index (χ0v) is 28.6. The van der Waals surface area contributed by atoms with Crippen LogP contribution in [0.1, 0.15) is 62.5 Å². The molecule has 1 atom stereocenters. The average Bonchev–Trinajstić information content (AvgIpc) is 3.52. The molecule has 1 unspecified atom stereocenters. The Bertz CT molecular complexity index is 1930. The van der Waals surface area contributed by atoms with Gasteiger partial charge in [-0.05, 0) is 97.6 Å². The van der Waals surface area contributed by atoms with Gasteiger partial charge in [-0.3, -0.25) is 9.88 Å². The number of nitrogens with one attached hydrogen (secondary N) is 2. The van der Waals surface area contributed by atoms with E-state index in [9.17, 15) is 9.65 Å². The third-order valence-electron chi connectivity index (χ3n) is 8.36. The van der Waals surface area contributed by atoms with Gasteiger partial charge in [0.1, 0.15) is 17.6 Å². The summed E-state index contributed by atoms with van der Waals surface area (Å²) in [5.74, 6) is -0.388. The van der Waals surface area contributed by atoms with Crippen molar-refractivity contribution in [1.29, 1.82) is 5.26 Å². The van der Waals surface area contributed by atoms with Crippen molar-refractivity contribution in [3.63, 3.8) is 0 Å². The first kappa shape index (κ1) is 32.2. The molecule has 1 fully saturated rings. The van der Waals surface area contributed by atoms with Crippen LogP contribution in [-0.4, -0.2) is 43.5 Å². The van der Waals surface area contributed by atoms with E-state index < -0.39 is 0 Å². The third-order valence-corrected chi connectivity index (χ3v) is 9.51. The zero-order chi connectivity index (χ0) is 32.6. The number of anilines is 3. The average molecular weight is 722 g/mol. The van der Waals surface area contributed by atoms with E-state index in [1.165, 1.54) is 12.3 Å². The molecule has 2 aromatic heterocycles. The molecule has 46 heavy (non-hydrogen) atoms. The van der Waals surface area contributed by atoms with Gasteiger partial charge in [-0.1, -0.05) is 40.5 Å². The highest BCUT2D eigenvalue weighted by Crippen LogP contribution is 2.37. The Morgan fingerprint density at radius 3 is 2.46 bits per heavy atom. The second-order valence-corrected chi connectivity index (χ2v) is 14.1. The second kappa shape index (κ2) is 13.2. The Labute approximate surface area is 285 Å². The molecular weight excluding hydrogens is 690 g/mol. The Morgan fingerprint density at radius 1 is 1.04 bits per heavy atom. The van der Waals surface area contributed by atoms with Gasteiger partial charge in [-0.2, -0.15) is 5.26 Å². The maximum Gasteiger partial charge on any atom is 0.137 e. The summed E-state index contributed by atoms with van der Waals surface area (Å²) >= 11 is 16.3. The summed E-state index contributed by atoms with van der Waals surface area (Å²) in [6.45, 7) is 8.75. The molecule has 5 aromatic rings. The molecule has 0 radical (unpaired) electrons. The number of hydrogen-bond acceptors (Lipinski definition) is 7. The second-order valence-electron chi connectivity index (χ2n) is 12.4. The van der Waals surface area contributed by atoms with Crippen molar-refractivity contribution >= 4 is 67.1 Å². The minimum Gasteiger partial charge on any atom is -0.373 e. The molecule has 3 aromatic carbocycles. The van der Waals surface area contributed by atoms with E-state index in [2.05, 4.69) is 73.6 Å². The fourth-order valence-electron chi connectivity index (χ4n) is 5.83. The van der Waals surface area contributed by atoms with E-state index in [1.807, 2.05) is 41.2 Å². The fraction of sp³-hybridized carbons (Fsp3) is 0.294. The van der Waals surface area contributed by atoms with Gasteiger partial charge in [0.15, 0.2) is 0 Å². The predicted octanol–water partition coefficient (Wildman–Crippen LogP) is 9.29. The lowest BCUT2D eigenvalue weighted by Crippen LogP contribution is -2.46. The fourth-order valence-corrected chi connectivity index (χ4v) is 6.61. The molecule has 0 bridgehead atoms. The maximum atomic E-state index is 13.9. The van der Waals surface area contributed by atoms with Crippen molar-refractivity contribution in [3.05, 3.63) is 104 Å². The predicted molar refractivity (Wildman–Crippen MR) is 185 cm³/mol. The molecule has 0 aliphatic carbocycles. The molecule has 0 spiro atoms. The van der Waals surface area contributed by atoms with Crippen LogP contribution in [0.15, 0.2) is 71.5 Å². The molecule has 1 aliphatic heterocycles. The molecule has 2 N–H and O–H groups in total. The molecule has 236 valence electrons. The molecule has 6 rings (SSSR count). The van der Waals surface area contributed by atoms with Crippen LogP contribution in [0.5, 0.6) is 0 Å². The van der Waals surface area contributed by atoms with Crippen LogP contribution in [0.2, 0.25) is 10.0 Å². The first-order valence-corrected chi connectivity index (χ1v) is 16.5. The van der Waals surface area contributed by atoms with Gasteiger partial charge in [-0.25, -0.2) is 9.07 Å². The highest BCUT2D eigenvalue weighted by molar-refractivity contribution is 9.10. The van der Waals surface area contributed by atoms with E-state index in [4.69, 9.17) is 23.2 Å². The summed E-state index contributed by atoms with van der Waals surface area (Å²) < 4.78 is 16.2. The molecule has 1 aliphatic rings. The van der Waals surface area contributed by atoms with Gasteiger partial charge >= 0.3 is 0 Å². The van der Waals surface area contributed by atoms with Gasteiger partial charge in [0, 0.05) is 46.6 Å². The van der Waals surface area contributed by atoms with Gasteiger partial charge < -0.3 is 10.6 Å². The van der Waals surface area contributed by atoms with Crippen molar-refractivity contribution in [3.8, 4) is 6.07 Å². The number of pyridine rings is 1. The summed E-state index contributed by atoms with van der Waals surface area (Å²) in [5, 5.41) is 27.7. The van der Waals surface area contributed by atoms with E-state index in [0.29, 0.717) is 48.0 Å². The highest BCUT2D eigenvalue weighted by Gasteiger charge is 2.29. The SMILES string of the molecule is CC(C)(C)N1CCC(n2cc(C(Nc3cc(Cl)c4ncc(C#N)c(Nc5ccc(F)c(Br)c5)c4c3)c3ccc(Cl)cc3)nn2)CC1. The first-order chi connectivity index (χ1) is 22.0. The Balaban J connectivity index is 1.36. The van der Waals surface area contributed by atoms with Crippen LogP contribution in [0, 0.1) is 17.1 Å². The molecule has 1 saturated heterocycles. The van der Waals surface area contributed by atoms with E-state index in [1.54, 1.807) is 18.2 Å². The number of likely N-dealkylation sites (tertiary alicyclic amines) is 1. The van der Waals surface area contributed by atoms with Crippen molar-refractivity contribution in [2.45, 2.75) is 51.2 Å². The molecule has 0 saturated carbocycles. The Morgan fingerprint density at radius 2 is 1.78 bits per heavy atom. The summed E-state index contributed by atoms with van der Waals surface area (Å²) in [6.07, 6.45) is 5.48. The topological polar surface area (TPSA) is 94.7 Å². The van der Waals surface area contributed by atoms with Crippen molar-refractivity contribution in [2.24, 2.45) is 0 Å². The van der Waals surface area contributed by atoms with Gasteiger partial charge in [0.25, 0.3) is 0 Å². The van der Waals surface area contributed by atoms with E-state index in [-0.39, 0.29) is 23.4 Å². The number of benzene rings is 3. The first-order valence-electron chi connectivity index (χ1n) is 14.9. The summed E-state index contributed by atoms with van der Waals surface area (Å²) in [7, 11) is 0. The highest BCUT2D eigenvalue weighted by atomic mass is 79.9. The van der Waals surface area contributed by atoms with Crippen LogP contribution < -0.4 is 10.6 Å². The monoisotopic (exact) mass is 720 g/mol. The number of hydrogen-bond donors (Lipinski definition) is 2. The number of halogens is 4. The van der Waals surface area contributed by atoms with Crippen molar-refractivity contribution in [1.82, 2.24) is 24.9 Å². The lowest BCUT2D eigenvalue weighted by atomic mass is 9.98. The summed E-state index contributed by atoms with van der Waals surface area (Å²) in [4.78, 5) is 6.98. The zero-order valence-electron chi connectivity index (χ0n) is 25.5. The standard InChI is InChI=1S/C34H32BrCl2FN8/c1-34(2,3)45-12-10-25(11-13-45)46-19-30(43-44-46)32(20-4-6-22(36)7-5-20)42-24-14-26-31(41-23-8-9-29(38)27(35)15-23)21(17-39)18-40-33(26)28(37)16-24/h4-9,14-16,18-19,25,32,42H,10-13H2,1-3H3,(H,40,41). The number of rotatable bonds is 7. The van der Waals surface area contributed by atoms with Crippen LogP contribution >= 0.6 is 39.1 Å². The van der Waals surface area contributed by atoms with Gasteiger partial charge in [-0.15, -0.1) is 5.10 Å². The lowest BCUT2D eigenvalue weighted by molar-refractivity contribution is 0.0866. The van der Waals surface area contributed by atoms with Crippen molar-refractivity contribution in [2.75, 3.05) is 23.7 Å². The van der Waals surface area contributed by atoms with E-state index >= 15 is 0 Å². The number of nitriles is 1.